The van der Waals surface area contributed by atoms with Crippen molar-refractivity contribution < 1.29 is 13.2 Å². The first-order valence-electron chi connectivity index (χ1n) is 6.61. The van der Waals surface area contributed by atoms with Crippen molar-refractivity contribution in [2.24, 2.45) is 0 Å². The number of amides is 1. The van der Waals surface area contributed by atoms with Gasteiger partial charge in [-0.15, -0.1) is 0 Å². The quantitative estimate of drug-likeness (QED) is 0.884. The van der Waals surface area contributed by atoms with Gasteiger partial charge in [-0.25, -0.2) is 12.7 Å². The van der Waals surface area contributed by atoms with Crippen molar-refractivity contribution in [3.63, 3.8) is 0 Å². The van der Waals surface area contributed by atoms with Crippen LogP contribution in [0, 0.1) is 0 Å². The van der Waals surface area contributed by atoms with Gasteiger partial charge in [-0.2, -0.15) is 0 Å². The molecule has 0 spiro atoms. The second kappa shape index (κ2) is 6.96. The number of rotatable bonds is 5. The highest BCUT2D eigenvalue weighted by molar-refractivity contribution is 7.89. The molecule has 2 rings (SSSR count). The Morgan fingerprint density at radius 2 is 1.86 bits per heavy atom. The Labute approximate surface area is 134 Å². The monoisotopic (exact) mass is 350 g/mol. The van der Waals surface area contributed by atoms with Crippen LogP contribution < -0.4 is 5.32 Å². The minimum absolute atomic E-state index is 0.0674. The molecule has 1 heterocycles. The predicted molar refractivity (Wildman–Crippen MR) is 83.4 cm³/mol. The molecule has 0 saturated carbocycles. The van der Waals surface area contributed by atoms with Crippen LogP contribution in [0.1, 0.15) is 23.2 Å². The van der Waals surface area contributed by atoms with Crippen molar-refractivity contribution in [2.75, 3.05) is 25.4 Å². The van der Waals surface area contributed by atoms with Gasteiger partial charge in [0.2, 0.25) is 10.0 Å². The van der Waals surface area contributed by atoms with Crippen LogP contribution in [0.15, 0.2) is 18.2 Å². The van der Waals surface area contributed by atoms with Crippen LogP contribution in [-0.4, -0.2) is 44.0 Å². The van der Waals surface area contributed by atoms with Crippen molar-refractivity contribution in [1.82, 2.24) is 9.62 Å². The van der Waals surface area contributed by atoms with E-state index in [-0.39, 0.29) is 23.2 Å². The second-order valence-electron chi connectivity index (χ2n) is 4.81. The maximum atomic E-state index is 12.0. The lowest BCUT2D eigenvalue weighted by Crippen LogP contribution is -2.36. The minimum atomic E-state index is -3.28. The summed E-state index contributed by atoms with van der Waals surface area (Å²) in [5.74, 6) is -0.467. The molecule has 1 amide bonds. The Hall–Kier alpha value is -0.820. The van der Waals surface area contributed by atoms with Gasteiger partial charge in [0.25, 0.3) is 5.91 Å². The third kappa shape index (κ3) is 4.32. The van der Waals surface area contributed by atoms with E-state index in [9.17, 15) is 13.2 Å². The summed E-state index contributed by atoms with van der Waals surface area (Å²) in [6.45, 7) is 1.21. The SMILES string of the molecule is O=C(NCCS(=O)(=O)N1CCCC1)c1ccc(Cl)c(Cl)c1. The van der Waals surface area contributed by atoms with Crippen LogP contribution in [0.4, 0.5) is 0 Å². The lowest BCUT2D eigenvalue weighted by atomic mass is 10.2. The summed E-state index contributed by atoms with van der Waals surface area (Å²) in [7, 11) is -3.28. The van der Waals surface area contributed by atoms with E-state index in [2.05, 4.69) is 5.32 Å². The summed E-state index contributed by atoms with van der Waals surface area (Å²) in [5.41, 5.74) is 0.350. The number of nitrogens with one attached hydrogen (secondary N) is 1. The summed E-state index contributed by atoms with van der Waals surface area (Å²) < 4.78 is 25.4. The first kappa shape index (κ1) is 16.5. The van der Waals surface area contributed by atoms with E-state index in [1.807, 2.05) is 0 Å². The number of halogens is 2. The molecule has 1 aromatic rings. The van der Waals surface area contributed by atoms with Gasteiger partial charge >= 0.3 is 0 Å². The van der Waals surface area contributed by atoms with E-state index in [0.717, 1.165) is 12.8 Å². The smallest absolute Gasteiger partial charge is 0.251 e. The van der Waals surface area contributed by atoms with Crippen molar-refractivity contribution in [3.05, 3.63) is 33.8 Å². The molecule has 1 aromatic carbocycles. The van der Waals surface area contributed by atoms with Crippen molar-refractivity contribution in [2.45, 2.75) is 12.8 Å². The van der Waals surface area contributed by atoms with E-state index < -0.39 is 10.0 Å². The molecular weight excluding hydrogens is 335 g/mol. The molecule has 0 unspecified atom stereocenters. The van der Waals surface area contributed by atoms with Crippen molar-refractivity contribution in [1.29, 1.82) is 0 Å². The fourth-order valence-electron chi connectivity index (χ4n) is 2.13. The van der Waals surface area contributed by atoms with Crippen molar-refractivity contribution in [3.8, 4) is 0 Å². The van der Waals surface area contributed by atoms with Gasteiger partial charge in [0.05, 0.1) is 15.8 Å². The largest absolute Gasteiger partial charge is 0.351 e. The number of hydrogen-bond acceptors (Lipinski definition) is 3. The van der Waals surface area contributed by atoms with E-state index in [1.165, 1.54) is 16.4 Å². The van der Waals surface area contributed by atoms with E-state index in [1.54, 1.807) is 6.07 Å². The van der Waals surface area contributed by atoms with Crippen LogP contribution in [0.25, 0.3) is 0 Å². The van der Waals surface area contributed by atoms with Gasteiger partial charge in [-0.05, 0) is 31.0 Å². The van der Waals surface area contributed by atoms with E-state index in [4.69, 9.17) is 23.2 Å². The molecule has 0 radical (unpaired) electrons. The third-order valence-electron chi connectivity index (χ3n) is 3.29. The Balaban J connectivity index is 1.88. The number of nitrogens with zero attached hydrogens (tertiary/aromatic N) is 1. The predicted octanol–water partition coefficient (Wildman–Crippen LogP) is 2.15. The molecule has 116 valence electrons. The highest BCUT2D eigenvalue weighted by atomic mass is 35.5. The van der Waals surface area contributed by atoms with Crippen LogP contribution in [0.3, 0.4) is 0 Å². The van der Waals surface area contributed by atoms with Gasteiger partial charge in [0, 0.05) is 25.2 Å². The highest BCUT2D eigenvalue weighted by Gasteiger charge is 2.24. The summed E-state index contributed by atoms with van der Waals surface area (Å²) >= 11 is 11.6. The van der Waals surface area contributed by atoms with Crippen LogP contribution in [-0.2, 0) is 10.0 Å². The summed E-state index contributed by atoms with van der Waals surface area (Å²) in [4.78, 5) is 11.9. The van der Waals surface area contributed by atoms with Gasteiger partial charge < -0.3 is 5.32 Å². The van der Waals surface area contributed by atoms with Gasteiger partial charge in [-0.3, -0.25) is 4.79 Å². The maximum absolute atomic E-state index is 12.0. The van der Waals surface area contributed by atoms with Crippen LogP contribution >= 0.6 is 23.2 Å². The van der Waals surface area contributed by atoms with E-state index >= 15 is 0 Å². The summed E-state index contributed by atoms with van der Waals surface area (Å²) in [6.07, 6.45) is 1.80. The molecule has 1 aliphatic rings. The normalized spacial score (nSPS) is 16.1. The molecule has 5 nitrogen and oxygen atoms in total. The Kier molecular flexibility index (Phi) is 5.48. The zero-order valence-electron chi connectivity index (χ0n) is 11.3. The van der Waals surface area contributed by atoms with Gasteiger partial charge in [0.1, 0.15) is 0 Å². The molecule has 8 heteroatoms. The molecule has 1 saturated heterocycles. The summed E-state index contributed by atoms with van der Waals surface area (Å²) in [6, 6.07) is 4.52. The lowest BCUT2D eigenvalue weighted by molar-refractivity contribution is 0.0956. The molecule has 0 bridgehead atoms. The molecule has 0 aromatic heterocycles. The zero-order chi connectivity index (χ0) is 15.5. The Morgan fingerprint density at radius 1 is 1.19 bits per heavy atom. The minimum Gasteiger partial charge on any atom is -0.351 e. The molecule has 0 aliphatic carbocycles. The number of hydrogen-bond donors (Lipinski definition) is 1. The van der Waals surface area contributed by atoms with Crippen LogP contribution in [0.2, 0.25) is 10.0 Å². The molecule has 1 aliphatic heterocycles. The van der Waals surface area contributed by atoms with Gasteiger partial charge in [0.15, 0.2) is 0 Å². The first-order valence-corrected chi connectivity index (χ1v) is 8.98. The Bertz CT molecular complexity index is 628. The second-order valence-corrected chi connectivity index (χ2v) is 7.71. The Morgan fingerprint density at radius 3 is 2.48 bits per heavy atom. The van der Waals surface area contributed by atoms with E-state index in [0.29, 0.717) is 23.7 Å². The average molecular weight is 351 g/mol. The topological polar surface area (TPSA) is 66.5 Å². The third-order valence-corrected chi connectivity index (χ3v) is 5.90. The molecule has 1 fully saturated rings. The first-order chi connectivity index (χ1) is 9.90. The zero-order valence-corrected chi connectivity index (χ0v) is 13.6. The highest BCUT2D eigenvalue weighted by Crippen LogP contribution is 2.22. The lowest BCUT2D eigenvalue weighted by Gasteiger charge is -2.15. The molecule has 21 heavy (non-hydrogen) atoms. The standard InChI is InChI=1S/C13H16Cl2N2O3S/c14-11-4-3-10(9-12(11)15)13(18)16-5-8-21(19,20)17-6-1-2-7-17/h3-4,9H,1-2,5-8H2,(H,16,18). The fourth-order valence-corrected chi connectivity index (χ4v) is 3.86. The fraction of sp³-hybridized carbons (Fsp3) is 0.462. The molecular formula is C13H16Cl2N2O3S. The van der Waals surface area contributed by atoms with Crippen molar-refractivity contribution >= 4 is 39.1 Å². The summed E-state index contributed by atoms with van der Waals surface area (Å²) in [5, 5.41) is 3.23. The molecule has 0 atom stereocenters. The number of carbonyl (C=O) groups excluding carboxylic acids is 1. The number of benzene rings is 1. The molecule has 1 N–H and O–H groups in total. The maximum Gasteiger partial charge on any atom is 0.251 e. The van der Waals surface area contributed by atoms with Gasteiger partial charge in [-0.1, -0.05) is 23.2 Å². The number of carbonyl (C=O) groups is 1. The number of sulfonamides is 1. The van der Waals surface area contributed by atoms with Crippen LogP contribution in [0.5, 0.6) is 0 Å². The average Bonchev–Trinajstić information content (AvgIpc) is 2.96.